The number of hydrogen-bond acceptors (Lipinski definition) is 5. The Morgan fingerprint density at radius 3 is 2.61 bits per heavy atom. The third-order valence-corrected chi connectivity index (χ3v) is 4.48. The molecule has 124 valence electrons. The molecule has 2 aromatic rings. The molecule has 0 saturated carbocycles. The zero-order valence-corrected chi connectivity index (χ0v) is 13.2. The van der Waals surface area contributed by atoms with Gasteiger partial charge >= 0.3 is 0 Å². The summed E-state index contributed by atoms with van der Waals surface area (Å²) in [5, 5.41) is 6.09. The summed E-state index contributed by atoms with van der Waals surface area (Å²) in [5.41, 5.74) is 0.537. The summed E-state index contributed by atoms with van der Waals surface area (Å²) in [7, 11) is 3.30. The molecule has 1 aliphatic rings. The molecule has 1 N–H and O–H groups in total. The topological polar surface area (TPSA) is 67.5 Å². The number of piperidine rings is 1. The molecular formula is C16H20FN3O3. The van der Waals surface area contributed by atoms with Crippen molar-refractivity contribution in [2.75, 3.05) is 32.2 Å². The van der Waals surface area contributed by atoms with Crippen molar-refractivity contribution in [3.63, 3.8) is 0 Å². The number of aromatic nitrogens is 2. The van der Waals surface area contributed by atoms with Gasteiger partial charge in [0.2, 0.25) is 5.95 Å². The van der Waals surface area contributed by atoms with Crippen LogP contribution in [-0.4, -0.2) is 43.8 Å². The second kappa shape index (κ2) is 6.64. The number of anilines is 1. The Kier molecular flexibility index (Phi) is 4.58. The number of ether oxygens (including phenoxy) is 2. The summed E-state index contributed by atoms with van der Waals surface area (Å²) in [6.45, 7) is 1.68. The van der Waals surface area contributed by atoms with E-state index in [0.29, 0.717) is 11.3 Å². The molecule has 1 fully saturated rings. The maximum atomic E-state index is 13.6. The highest BCUT2D eigenvalue weighted by molar-refractivity contribution is 5.84. The summed E-state index contributed by atoms with van der Waals surface area (Å²) in [5.74, 6) is -0.306. The molecule has 0 bridgehead atoms. The molecule has 1 aromatic heterocycles. The number of H-pyrrole nitrogens is 1. The number of benzene rings is 1. The summed E-state index contributed by atoms with van der Waals surface area (Å²) in [6, 6.07) is 5.17. The van der Waals surface area contributed by atoms with Gasteiger partial charge in [0.25, 0.3) is 5.56 Å². The van der Waals surface area contributed by atoms with Crippen molar-refractivity contribution in [1.29, 1.82) is 0 Å². The van der Waals surface area contributed by atoms with E-state index in [1.165, 1.54) is 0 Å². The van der Waals surface area contributed by atoms with E-state index in [1.54, 1.807) is 26.4 Å². The third-order valence-electron chi connectivity index (χ3n) is 4.48. The number of aromatic amines is 1. The lowest BCUT2D eigenvalue weighted by molar-refractivity contribution is -0.141. The average molecular weight is 321 g/mol. The number of methoxy groups -OCH3 is 2. The Labute approximate surface area is 133 Å². The highest BCUT2D eigenvalue weighted by atomic mass is 19.1. The fraction of sp³-hybridized carbons (Fsp3) is 0.500. The molecule has 1 aliphatic heterocycles. The van der Waals surface area contributed by atoms with Gasteiger partial charge in [0.05, 0.1) is 5.39 Å². The van der Waals surface area contributed by atoms with Crippen molar-refractivity contribution in [2.24, 2.45) is 5.92 Å². The summed E-state index contributed by atoms with van der Waals surface area (Å²) < 4.78 is 24.3. The zero-order chi connectivity index (χ0) is 16.4. The number of halogens is 1. The van der Waals surface area contributed by atoms with Crippen LogP contribution in [0.2, 0.25) is 0 Å². The monoisotopic (exact) mass is 321 g/mol. The van der Waals surface area contributed by atoms with Gasteiger partial charge < -0.3 is 14.4 Å². The molecule has 0 amide bonds. The second-order valence-corrected chi connectivity index (χ2v) is 5.74. The van der Waals surface area contributed by atoms with Crippen LogP contribution in [0.4, 0.5) is 10.1 Å². The molecule has 0 aliphatic carbocycles. The predicted octanol–water partition coefficient (Wildman–Crippen LogP) is 1.90. The van der Waals surface area contributed by atoms with Gasteiger partial charge in [-0.15, -0.1) is 5.10 Å². The first kappa shape index (κ1) is 15.9. The fourth-order valence-corrected chi connectivity index (χ4v) is 3.23. The minimum absolute atomic E-state index is 0.184. The minimum Gasteiger partial charge on any atom is -0.371 e. The third kappa shape index (κ3) is 3.07. The van der Waals surface area contributed by atoms with Crippen molar-refractivity contribution in [3.05, 3.63) is 34.5 Å². The number of nitrogens with zero attached hydrogens (tertiary/aromatic N) is 2. The van der Waals surface area contributed by atoms with E-state index in [2.05, 4.69) is 15.1 Å². The zero-order valence-electron chi connectivity index (χ0n) is 13.2. The molecule has 6 nitrogen and oxygen atoms in total. The Morgan fingerprint density at radius 2 is 1.96 bits per heavy atom. The molecule has 23 heavy (non-hydrogen) atoms. The largest absolute Gasteiger partial charge is 0.371 e. The summed E-state index contributed by atoms with van der Waals surface area (Å²) in [4.78, 5) is 14.0. The minimum atomic E-state index is -0.659. The molecule has 1 saturated heterocycles. The maximum absolute atomic E-state index is 13.6. The quantitative estimate of drug-likeness (QED) is 0.871. The average Bonchev–Trinajstić information content (AvgIpc) is 2.60. The highest BCUT2D eigenvalue weighted by Crippen LogP contribution is 2.28. The normalized spacial score (nSPS) is 16.4. The van der Waals surface area contributed by atoms with E-state index in [1.807, 2.05) is 6.07 Å². The van der Waals surface area contributed by atoms with Crippen LogP contribution in [0.25, 0.3) is 10.8 Å². The lowest BCUT2D eigenvalue weighted by Gasteiger charge is -2.36. The number of fused-ring (bicyclic) bond motifs is 1. The van der Waals surface area contributed by atoms with Gasteiger partial charge in [-0.3, -0.25) is 4.79 Å². The molecule has 0 unspecified atom stereocenters. The molecule has 1 aromatic carbocycles. The molecule has 0 radical (unpaired) electrons. The van der Waals surface area contributed by atoms with E-state index in [9.17, 15) is 9.18 Å². The van der Waals surface area contributed by atoms with Gasteiger partial charge in [-0.05, 0) is 31.0 Å². The van der Waals surface area contributed by atoms with Crippen molar-refractivity contribution in [1.82, 2.24) is 10.2 Å². The first-order valence-electron chi connectivity index (χ1n) is 7.62. The molecule has 0 atom stereocenters. The molecule has 3 rings (SSSR count). The predicted molar refractivity (Wildman–Crippen MR) is 85.1 cm³/mol. The maximum Gasteiger partial charge on any atom is 0.272 e. The van der Waals surface area contributed by atoms with Gasteiger partial charge in [0, 0.05) is 44.3 Å². The van der Waals surface area contributed by atoms with Crippen LogP contribution in [0.3, 0.4) is 0 Å². The van der Waals surface area contributed by atoms with Gasteiger partial charge in [-0.25, -0.2) is 5.10 Å². The standard InChI is InChI=1S/C16H20FN3O3/c1-22-16(23-2)10-5-7-20(8-6-10)11-3-4-12-13(9-11)15(21)19-18-14(12)17/h3-4,9-10,16H,5-8H2,1-2H3,(H,19,21). The first-order valence-corrected chi connectivity index (χ1v) is 7.62. The van der Waals surface area contributed by atoms with Gasteiger partial charge in [0.15, 0.2) is 6.29 Å². The van der Waals surface area contributed by atoms with Crippen LogP contribution in [0, 0.1) is 11.9 Å². The van der Waals surface area contributed by atoms with Gasteiger partial charge in [-0.2, -0.15) is 4.39 Å². The van der Waals surface area contributed by atoms with Crippen molar-refractivity contribution < 1.29 is 13.9 Å². The Morgan fingerprint density at radius 1 is 1.26 bits per heavy atom. The smallest absolute Gasteiger partial charge is 0.272 e. The van der Waals surface area contributed by atoms with Crippen LogP contribution in [0.1, 0.15) is 12.8 Å². The first-order chi connectivity index (χ1) is 11.1. The van der Waals surface area contributed by atoms with E-state index in [4.69, 9.17) is 9.47 Å². The van der Waals surface area contributed by atoms with Gasteiger partial charge in [-0.1, -0.05) is 0 Å². The number of rotatable bonds is 4. The SMILES string of the molecule is COC(OC)C1CCN(c2ccc3c(F)n[nH]c(=O)c3c2)CC1. The highest BCUT2D eigenvalue weighted by Gasteiger charge is 2.26. The molecular weight excluding hydrogens is 301 g/mol. The van der Waals surface area contributed by atoms with Crippen LogP contribution < -0.4 is 10.5 Å². The van der Waals surface area contributed by atoms with E-state index in [0.717, 1.165) is 31.6 Å². The lowest BCUT2D eigenvalue weighted by atomic mass is 9.95. The number of hydrogen-bond donors (Lipinski definition) is 1. The number of nitrogens with one attached hydrogen (secondary N) is 1. The molecule has 2 heterocycles. The van der Waals surface area contributed by atoms with E-state index in [-0.39, 0.29) is 17.2 Å². The summed E-state index contributed by atoms with van der Waals surface area (Å²) >= 11 is 0. The van der Waals surface area contributed by atoms with Crippen molar-refractivity contribution >= 4 is 16.5 Å². The Hall–Kier alpha value is -1.99. The van der Waals surface area contributed by atoms with Crippen molar-refractivity contribution in [3.8, 4) is 0 Å². The Balaban J connectivity index is 1.80. The van der Waals surface area contributed by atoms with Crippen LogP contribution in [-0.2, 0) is 9.47 Å². The van der Waals surface area contributed by atoms with Crippen LogP contribution >= 0.6 is 0 Å². The summed E-state index contributed by atoms with van der Waals surface area (Å²) in [6.07, 6.45) is 1.69. The van der Waals surface area contributed by atoms with Crippen molar-refractivity contribution in [2.45, 2.75) is 19.1 Å². The molecule has 0 spiro atoms. The molecule has 7 heteroatoms. The van der Waals surface area contributed by atoms with Crippen LogP contribution in [0.15, 0.2) is 23.0 Å². The Bertz CT molecular complexity index is 737. The van der Waals surface area contributed by atoms with Crippen LogP contribution in [0.5, 0.6) is 0 Å². The fourth-order valence-electron chi connectivity index (χ4n) is 3.23. The van der Waals surface area contributed by atoms with E-state index >= 15 is 0 Å². The van der Waals surface area contributed by atoms with Gasteiger partial charge in [0.1, 0.15) is 0 Å². The lowest BCUT2D eigenvalue weighted by Crippen LogP contribution is -2.39. The van der Waals surface area contributed by atoms with E-state index < -0.39 is 5.95 Å². The second-order valence-electron chi connectivity index (χ2n) is 5.74.